The van der Waals surface area contributed by atoms with Crippen molar-refractivity contribution in [3.8, 4) is 0 Å². The van der Waals surface area contributed by atoms with Crippen LogP contribution in [0, 0.1) is 5.92 Å². The van der Waals surface area contributed by atoms with E-state index in [1.807, 2.05) is 0 Å². The van der Waals surface area contributed by atoms with Gasteiger partial charge in [0.15, 0.2) is 0 Å². The van der Waals surface area contributed by atoms with Gasteiger partial charge in [-0.15, -0.1) is 0 Å². The van der Waals surface area contributed by atoms with E-state index < -0.39 is 0 Å². The summed E-state index contributed by atoms with van der Waals surface area (Å²) < 4.78 is 9.71. The highest BCUT2D eigenvalue weighted by Crippen LogP contribution is 2.46. The topological polar surface area (TPSA) is 61.3 Å². The molecule has 5 nitrogen and oxygen atoms in total. The Morgan fingerprint density at radius 2 is 2.38 bits per heavy atom. The van der Waals surface area contributed by atoms with Crippen molar-refractivity contribution in [2.24, 2.45) is 5.92 Å². The summed E-state index contributed by atoms with van der Waals surface area (Å²) >= 11 is 0. The fraction of sp³-hybridized carbons (Fsp3) is 0.545. The van der Waals surface area contributed by atoms with Crippen LogP contribution in [0.4, 0.5) is 0 Å². The molecule has 0 aromatic carbocycles. The molecule has 16 heavy (non-hydrogen) atoms. The number of carbonyl (C=O) groups is 1. The van der Waals surface area contributed by atoms with Crippen LogP contribution in [0.5, 0.6) is 0 Å². The molecule has 2 rings (SSSR count). The first kappa shape index (κ1) is 11.0. The number of esters is 1. The van der Waals surface area contributed by atoms with E-state index in [9.17, 15) is 4.79 Å². The molecule has 5 heteroatoms. The minimum Gasteiger partial charge on any atom is -0.465 e. The molecule has 86 valence electrons. The third-order valence-corrected chi connectivity index (χ3v) is 2.78. The molecule has 0 N–H and O–H groups in total. The predicted octanol–water partition coefficient (Wildman–Crippen LogP) is 1.01. The van der Waals surface area contributed by atoms with Gasteiger partial charge in [-0.3, -0.25) is 0 Å². The molecule has 0 radical (unpaired) electrons. The zero-order valence-corrected chi connectivity index (χ0v) is 9.34. The maximum atomic E-state index is 11.3. The molecule has 0 bridgehead atoms. The van der Waals surface area contributed by atoms with Gasteiger partial charge in [0.25, 0.3) is 0 Å². The number of aromatic nitrogens is 2. The first-order valence-corrected chi connectivity index (χ1v) is 5.16. The highest BCUT2D eigenvalue weighted by molar-refractivity contribution is 5.88. The van der Waals surface area contributed by atoms with Crippen molar-refractivity contribution in [2.75, 3.05) is 20.8 Å². The van der Waals surface area contributed by atoms with Gasteiger partial charge in [0.2, 0.25) is 0 Å². The molecule has 0 aliphatic heterocycles. The lowest BCUT2D eigenvalue weighted by atomic mass is 10.2. The molecule has 2 atom stereocenters. The van der Waals surface area contributed by atoms with Crippen LogP contribution in [0.1, 0.15) is 28.4 Å². The lowest BCUT2D eigenvalue weighted by molar-refractivity contribution is 0.0600. The SMILES string of the molecule is COCC1CC1c1cc(C(=O)OC)cnn1. The summed E-state index contributed by atoms with van der Waals surface area (Å²) in [6.07, 6.45) is 2.47. The van der Waals surface area contributed by atoms with Crippen molar-refractivity contribution >= 4 is 5.97 Å². The van der Waals surface area contributed by atoms with Gasteiger partial charge >= 0.3 is 5.97 Å². The summed E-state index contributed by atoms with van der Waals surface area (Å²) in [5, 5.41) is 7.86. The average molecular weight is 222 g/mol. The van der Waals surface area contributed by atoms with Crippen LogP contribution in [0.2, 0.25) is 0 Å². The molecule has 0 spiro atoms. The maximum absolute atomic E-state index is 11.3. The van der Waals surface area contributed by atoms with Crippen LogP contribution >= 0.6 is 0 Å². The Morgan fingerprint density at radius 1 is 1.56 bits per heavy atom. The highest BCUT2D eigenvalue weighted by Gasteiger charge is 2.39. The molecule has 1 heterocycles. The van der Waals surface area contributed by atoms with Crippen molar-refractivity contribution in [3.05, 3.63) is 23.5 Å². The van der Waals surface area contributed by atoms with Gasteiger partial charge in [-0.25, -0.2) is 4.79 Å². The van der Waals surface area contributed by atoms with Crippen molar-refractivity contribution in [2.45, 2.75) is 12.3 Å². The van der Waals surface area contributed by atoms with Gasteiger partial charge in [-0.05, 0) is 18.4 Å². The second-order valence-corrected chi connectivity index (χ2v) is 3.92. The molecule has 0 amide bonds. The summed E-state index contributed by atoms with van der Waals surface area (Å²) in [6.45, 7) is 0.731. The van der Waals surface area contributed by atoms with E-state index in [4.69, 9.17) is 4.74 Å². The molecule has 1 fully saturated rings. The largest absolute Gasteiger partial charge is 0.465 e. The van der Waals surface area contributed by atoms with E-state index in [-0.39, 0.29) is 5.97 Å². The van der Waals surface area contributed by atoms with E-state index in [1.54, 1.807) is 13.2 Å². The zero-order chi connectivity index (χ0) is 11.5. The van der Waals surface area contributed by atoms with Gasteiger partial charge in [-0.2, -0.15) is 10.2 Å². The summed E-state index contributed by atoms with van der Waals surface area (Å²) in [6, 6.07) is 1.75. The standard InChI is InChI=1S/C11H14N2O3/c1-15-6-8-3-9(8)10-4-7(5-12-13-10)11(14)16-2/h4-5,8-9H,3,6H2,1-2H3. The van der Waals surface area contributed by atoms with Gasteiger partial charge < -0.3 is 9.47 Å². The number of hydrogen-bond acceptors (Lipinski definition) is 5. The Balaban J connectivity index is 2.09. The van der Waals surface area contributed by atoms with E-state index >= 15 is 0 Å². The van der Waals surface area contributed by atoms with Gasteiger partial charge in [0.05, 0.1) is 24.6 Å². The Kier molecular flexibility index (Phi) is 3.14. The average Bonchev–Trinajstić information content (AvgIpc) is 3.08. The van der Waals surface area contributed by atoms with Crippen molar-refractivity contribution in [3.63, 3.8) is 0 Å². The van der Waals surface area contributed by atoms with E-state index in [0.717, 1.165) is 18.7 Å². The van der Waals surface area contributed by atoms with Crippen LogP contribution in [0.3, 0.4) is 0 Å². The van der Waals surface area contributed by atoms with E-state index in [1.165, 1.54) is 13.3 Å². The van der Waals surface area contributed by atoms with Crippen molar-refractivity contribution in [1.82, 2.24) is 10.2 Å². The Hall–Kier alpha value is -1.49. The molecule has 1 aliphatic rings. The summed E-state index contributed by atoms with van der Waals surface area (Å²) in [5.74, 6) is 0.504. The Labute approximate surface area is 93.8 Å². The number of hydrogen-bond donors (Lipinski definition) is 0. The summed E-state index contributed by atoms with van der Waals surface area (Å²) in [4.78, 5) is 11.3. The molecular formula is C11H14N2O3. The number of nitrogens with zero attached hydrogens (tertiary/aromatic N) is 2. The zero-order valence-electron chi connectivity index (χ0n) is 9.34. The van der Waals surface area contributed by atoms with E-state index in [2.05, 4.69) is 14.9 Å². The number of methoxy groups -OCH3 is 2. The van der Waals surface area contributed by atoms with Crippen LogP contribution in [-0.4, -0.2) is 37.0 Å². The fourth-order valence-corrected chi connectivity index (χ4v) is 1.80. The molecule has 1 aromatic rings. The molecule has 1 saturated carbocycles. The molecule has 2 unspecified atom stereocenters. The normalized spacial score (nSPS) is 22.9. The summed E-state index contributed by atoms with van der Waals surface area (Å²) in [5.41, 5.74) is 1.31. The molecular weight excluding hydrogens is 208 g/mol. The van der Waals surface area contributed by atoms with Crippen LogP contribution in [0.15, 0.2) is 12.3 Å². The van der Waals surface area contributed by atoms with E-state index in [0.29, 0.717) is 17.4 Å². The Morgan fingerprint density at radius 3 is 3.06 bits per heavy atom. The highest BCUT2D eigenvalue weighted by atomic mass is 16.5. The number of ether oxygens (including phenoxy) is 2. The minimum atomic E-state index is -0.375. The molecule has 1 aromatic heterocycles. The quantitative estimate of drug-likeness (QED) is 0.711. The number of carbonyl (C=O) groups excluding carboxylic acids is 1. The second kappa shape index (κ2) is 4.57. The fourth-order valence-electron chi connectivity index (χ4n) is 1.80. The predicted molar refractivity (Wildman–Crippen MR) is 56.1 cm³/mol. The van der Waals surface area contributed by atoms with Crippen LogP contribution in [0.25, 0.3) is 0 Å². The van der Waals surface area contributed by atoms with Crippen LogP contribution in [-0.2, 0) is 9.47 Å². The van der Waals surface area contributed by atoms with Crippen LogP contribution < -0.4 is 0 Å². The van der Waals surface area contributed by atoms with Gasteiger partial charge in [-0.1, -0.05) is 0 Å². The third kappa shape index (κ3) is 2.19. The molecule has 1 aliphatic carbocycles. The number of rotatable bonds is 4. The maximum Gasteiger partial charge on any atom is 0.339 e. The lowest BCUT2D eigenvalue weighted by Crippen LogP contribution is -2.05. The smallest absolute Gasteiger partial charge is 0.339 e. The molecule has 0 saturated heterocycles. The monoisotopic (exact) mass is 222 g/mol. The summed E-state index contributed by atoms with van der Waals surface area (Å²) in [7, 11) is 3.04. The Bertz CT molecular complexity index is 395. The van der Waals surface area contributed by atoms with Crippen molar-refractivity contribution in [1.29, 1.82) is 0 Å². The van der Waals surface area contributed by atoms with Crippen molar-refractivity contribution < 1.29 is 14.3 Å². The lowest BCUT2D eigenvalue weighted by Gasteiger charge is -2.01. The minimum absolute atomic E-state index is 0.372. The third-order valence-electron chi connectivity index (χ3n) is 2.78. The first-order valence-electron chi connectivity index (χ1n) is 5.16. The first-order chi connectivity index (χ1) is 7.76. The van der Waals surface area contributed by atoms with Gasteiger partial charge in [0.1, 0.15) is 0 Å². The second-order valence-electron chi connectivity index (χ2n) is 3.92. The van der Waals surface area contributed by atoms with Gasteiger partial charge in [0, 0.05) is 19.6 Å².